The van der Waals surface area contributed by atoms with Crippen molar-refractivity contribution in [3.8, 4) is 0 Å². The molecule has 0 aliphatic rings. The average Bonchev–Trinajstić information content (AvgIpc) is 1.50. The first-order valence-corrected chi connectivity index (χ1v) is 1.72. The predicted octanol–water partition coefficient (Wildman–Crippen LogP) is -0.0249. The van der Waals surface area contributed by atoms with Crippen molar-refractivity contribution in [1.29, 1.82) is 5.26 Å². The van der Waals surface area contributed by atoms with Crippen molar-refractivity contribution in [1.82, 2.24) is 0 Å². The van der Waals surface area contributed by atoms with Gasteiger partial charge in [0, 0.05) is 0 Å². The first kappa shape index (κ1) is 9.07. The van der Waals surface area contributed by atoms with E-state index in [1.807, 2.05) is 0 Å². The molecule has 0 spiro atoms. The standard InChI is InChI=1S/CN.O.Zn/c1-2;;/q-1;;. The summed E-state index contributed by atoms with van der Waals surface area (Å²) in [5.74, 6) is 0. The molecule has 3 heteroatoms. The van der Waals surface area contributed by atoms with Crippen LogP contribution < -0.4 is 0 Å². The molecular weight excluding hydrogens is 107 g/mol. The van der Waals surface area contributed by atoms with Gasteiger partial charge < -0.3 is 11.8 Å². The Hall–Kier alpha value is -0.0866. The molecule has 0 heterocycles. The van der Waals surface area contributed by atoms with Crippen LogP contribution in [-0.4, -0.2) is 0 Å². The first-order chi connectivity index (χ1) is 2.00. The second-order valence-corrected chi connectivity index (χ2v) is 0. The van der Waals surface area contributed by atoms with Gasteiger partial charge in [-0.2, -0.15) is 0 Å². The molecule has 4 heavy (non-hydrogen) atoms. The molecular formula is CNOZn-. The maximum atomic E-state index is 8.38. The van der Waals surface area contributed by atoms with Crippen LogP contribution in [0.4, 0.5) is 0 Å². The normalized spacial score (nSPS) is 2.00. The van der Waals surface area contributed by atoms with Crippen LogP contribution in [0.1, 0.15) is 0 Å². The van der Waals surface area contributed by atoms with E-state index in [4.69, 9.17) is 15.4 Å². The van der Waals surface area contributed by atoms with E-state index in [0.717, 1.165) is 0 Å². The molecule has 0 saturated heterocycles. The van der Waals surface area contributed by atoms with E-state index in [1.54, 1.807) is 0 Å². The van der Waals surface area contributed by atoms with E-state index in [2.05, 4.69) is 0 Å². The van der Waals surface area contributed by atoms with Gasteiger partial charge in [-0.05, 0) is 0 Å². The van der Waals surface area contributed by atoms with Crippen molar-refractivity contribution in [3.63, 3.8) is 0 Å². The molecule has 0 saturated carbocycles. The van der Waals surface area contributed by atoms with Gasteiger partial charge in [0.1, 0.15) is 0 Å². The Morgan fingerprint density at radius 2 is 1.50 bits per heavy atom. The maximum absolute atomic E-state index is 8.38. The van der Waals surface area contributed by atoms with E-state index < -0.39 is 0 Å². The molecule has 0 aromatic rings. The Labute approximate surface area is 34.4 Å². The monoisotopic (exact) mass is 106 g/mol. The third kappa shape index (κ3) is 213. The van der Waals surface area contributed by atoms with Gasteiger partial charge in [-0.25, -0.2) is 0 Å². The molecule has 0 aromatic heterocycles. The molecule has 0 unspecified atom stereocenters. The molecule has 0 rings (SSSR count). The Bertz CT molecular complexity index is 19.2. The second kappa shape index (κ2) is 1420. The van der Waals surface area contributed by atoms with Crippen molar-refractivity contribution in [2.75, 3.05) is 0 Å². The van der Waals surface area contributed by atoms with E-state index in [9.17, 15) is 0 Å². The topological polar surface area (TPSA) is 40.9 Å². The SMILES string of the molecule is [C-]#N.[O]=[Zn]. The van der Waals surface area contributed by atoms with Crippen LogP contribution >= 0.6 is 0 Å². The van der Waals surface area contributed by atoms with Gasteiger partial charge in [-0.3, -0.25) is 0 Å². The van der Waals surface area contributed by atoms with Crippen LogP contribution in [-0.2, 0) is 21.8 Å². The van der Waals surface area contributed by atoms with E-state index in [1.165, 1.54) is 0 Å². The summed E-state index contributed by atoms with van der Waals surface area (Å²) in [6.07, 6.45) is 0. The quantitative estimate of drug-likeness (QED) is 0.322. The number of hydrogen-bond donors (Lipinski definition) is 0. The molecule has 0 bridgehead atoms. The molecule has 18 valence electrons. The first-order valence-electron chi connectivity index (χ1n) is 0.512. The number of rotatable bonds is 0. The Kier molecular flexibility index (Phi) is 3220. The van der Waals surface area contributed by atoms with Crippen LogP contribution in [0, 0.1) is 11.8 Å². The van der Waals surface area contributed by atoms with Crippen molar-refractivity contribution in [3.05, 3.63) is 6.57 Å². The predicted molar refractivity (Wildman–Crippen MR) is 5.65 cm³/mol. The van der Waals surface area contributed by atoms with Crippen LogP contribution in [0.25, 0.3) is 0 Å². The molecule has 0 atom stereocenters. The summed E-state index contributed by atoms with van der Waals surface area (Å²) < 4.78 is 8.38. The number of hydrogen-bond acceptors (Lipinski definition) is 2. The van der Waals surface area contributed by atoms with Crippen LogP contribution in [0.15, 0.2) is 0 Å². The zero-order valence-corrected chi connectivity index (χ0v) is 5.03. The van der Waals surface area contributed by atoms with Crippen molar-refractivity contribution in [2.45, 2.75) is 0 Å². The molecule has 0 aromatic carbocycles. The Morgan fingerprint density at radius 1 is 1.50 bits per heavy atom. The van der Waals surface area contributed by atoms with Crippen molar-refractivity contribution >= 4 is 0 Å². The fraction of sp³-hybridized carbons (Fsp3) is 0. The fourth-order valence-corrected chi connectivity index (χ4v) is 0. The zero-order valence-electron chi connectivity index (χ0n) is 2.06. The molecule has 0 fully saturated rings. The Balaban J connectivity index is 0. The van der Waals surface area contributed by atoms with E-state index in [-0.39, 0.29) is 18.3 Å². The molecule has 0 aliphatic heterocycles. The summed E-state index contributed by atoms with van der Waals surface area (Å²) in [5, 5.41) is 6.25. The Morgan fingerprint density at radius 3 is 1.50 bits per heavy atom. The van der Waals surface area contributed by atoms with Gasteiger partial charge in [0.15, 0.2) is 0 Å². The van der Waals surface area contributed by atoms with E-state index >= 15 is 0 Å². The minimum absolute atomic E-state index is 0.125. The molecule has 0 aliphatic carbocycles. The summed E-state index contributed by atoms with van der Waals surface area (Å²) in [4.78, 5) is 0. The summed E-state index contributed by atoms with van der Waals surface area (Å²) >= 11 is 0.125. The molecule has 0 radical (unpaired) electrons. The summed E-state index contributed by atoms with van der Waals surface area (Å²) in [6.45, 7) is 4.75. The van der Waals surface area contributed by atoms with E-state index in [0.29, 0.717) is 0 Å². The summed E-state index contributed by atoms with van der Waals surface area (Å²) in [5.41, 5.74) is 0. The van der Waals surface area contributed by atoms with Gasteiger partial charge in [-0.1, -0.05) is 0 Å². The third-order valence-electron chi connectivity index (χ3n) is 0. The number of nitrogens with zero attached hydrogens (tertiary/aromatic N) is 1. The van der Waals surface area contributed by atoms with Crippen LogP contribution in [0.5, 0.6) is 0 Å². The molecule has 0 N–H and O–H groups in total. The average molecular weight is 107 g/mol. The zero-order chi connectivity index (χ0) is 4.00. The summed E-state index contributed by atoms with van der Waals surface area (Å²) in [7, 11) is 0. The van der Waals surface area contributed by atoms with Gasteiger partial charge in [0.25, 0.3) is 0 Å². The molecule has 2 nitrogen and oxygen atoms in total. The van der Waals surface area contributed by atoms with Crippen molar-refractivity contribution < 1.29 is 21.8 Å². The van der Waals surface area contributed by atoms with Gasteiger partial charge in [0.2, 0.25) is 0 Å². The minimum atomic E-state index is 0.125. The molecule has 0 amide bonds. The van der Waals surface area contributed by atoms with Crippen molar-refractivity contribution in [2.24, 2.45) is 0 Å². The van der Waals surface area contributed by atoms with Gasteiger partial charge >= 0.3 is 21.8 Å². The van der Waals surface area contributed by atoms with Gasteiger partial charge in [0.05, 0.1) is 0 Å². The third-order valence-corrected chi connectivity index (χ3v) is 0. The van der Waals surface area contributed by atoms with Crippen LogP contribution in [0.2, 0.25) is 0 Å². The fourth-order valence-electron chi connectivity index (χ4n) is 0. The van der Waals surface area contributed by atoms with Crippen LogP contribution in [0.3, 0.4) is 0 Å². The summed E-state index contributed by atoms with van der Waals surface area (Å²) in [6, 6.07) is 0. The second-order valence-electron chi connectivity index (χ2n) is 0. The van der Waals surface area contributed by atoms with Gasteiger partial charge in [-0.15, -0.1) is 0 Å².